The zero-order valence-corrected chi connectivity index (χ0v) is 11.7. The molecule has 1 heterocycles. The molecule has 0 aromatic rings. The third-order valence-corrected chi connectivity index (χ3v) is 3.04. The molecular formula is C14H26O4. The van der Waals surface area contributed by atoms with Crippen molar-refractivity contribution in [2.75, 3.05) is 19.8 Å². The fraction of sp³-hybridized carbons (Fsp3) is 0.929. The normalized spacial score (nSPS) is 24.1. The summed E-state index contributed by atoms with van der Waals surface area (Å²) in [6.45, 7) is 5.45. The number of carbonyl (C=O) groups is 1. The van der Waals surface area contributed by atoms with Gasteiger partial charge in [0.25, 0.3) is 0 Å². The molecule has 0 aliphatic carbocycles. The van der Waals surface area contributed by atoms with Crippen LogP contribution in [0, 0.1) is 0 Å². The van der Waals surface area contributed by atoms with Crippen LogP contribution in [0.1, 0.15) is 52.4 Å². The Labute approximate surface area is 110 Å². The van der Waals surface area contributed by atoms with Crippen molar-refractivity contribution in [3.63, 3.8) is 0 Å². The molecule has 0 saturated carbocycles. The molecular weight excluding hydrogens is 232 g/mol. The van der Waals surface area contributed by atoms with E-state index in [1.54, 1.807) is 0 Å². The Kier molecular flexibility index (Phi) is 8.22. The highest BCUT2D eigenvalue weighted by Gasteiger charge is 2.22. The highest BCUT2D eigenvalue weighted by atomic mass is 16.7. The number of ether oxygens (including phenoxy) is 3. The maximum Gasteiger partial charge on any atom is 0.158 e. The minimum Gasteiger partial charge on any atom is -0.371 e. The van der Waals surface area contributed by atoms with Gasteiger partial charge >= 0.3 is 0 Å². The first kappa shape index (κ1) is 15.6. The van der Waals surface area contributed by atoms with Crippen LogP contribution in [0.25, 0.3) is 0 Å². The van der Waals surface area contributed by atoms with Gasteiger partial charge in [0, 0.05) is 13.0 Å². The standard InChI is InChI=1S/C14H26O4/c1-3-5-7-12(15)10-16-11-13-8-6-9-14(18-13)17-4-2/h13-14H,3-11H2,1-2H3. The zero-order valence-electron chi connectivity index (χ0n) is 11.7. The zero-order chi connectivity index (χ0) is 13.2. The van der Waals surface area contributed by atoms with Crippen molar-refractivity contribution in [1.29, 1.82) is 0 Å². The van der Waals surface area contributed by atoms with Crippen molar-refractivity contribution in [3.8, 4) is 0 Å². The van der Waals surface area contributed by atoms with Crippen LogP contribution in [0.4, 0.5) is 0 Å². The predicted molar refractivity (Wildman–Crippen MR) is 69.5 cm³/mol. The van der Waals surface area contributed by atoms with Crippen molar-refractivity contribution < 1.29 is 19.0 Å². The summed E-state index contributed by atoms with van der Waals surface area (Å²) in [7, 11) is 0. The molecule has 0 bridgehead atoms. The van der Waals surface area contributed by atoms with Crippen LogP contribution in [0.5, 0.6) is 0 Å². The first-order chi connectivity index (χ1) is 8.76. The molecule has 1 aliphatic rings. The van der Waals surface area contributed by atoms with Crippen LogP contribution in [-0.2, 0) is 19.0 Å². The van der Waals surface area contributed by atoms with Crippen LogP contribution >= 0.6 is 0 Å². The van der Waals surface area contributed by atoms with Gasteiger partial charge in [0.2, 0.25) is 0 Å². The Hall–Kier alpha value is -0.450. The number of carbonyl (C=O) groups excluding carboxylic acids is 1. The van der Waals surface area contributed by atoms with Gasteiger partial charge in [-0.05, 0) is 32.6 Å². The molecule has 0 aromatic carbocycles. The Bertz CT molecular complexity index is 228. The number of unbranched alkanes of at least 4 members (excludes halogenated alkanes) is 1. The van der Waals surface area contributed by atoms with Gasteiger partial charge in [-0.15, -0.1) is 0 Å². The van der Waals surface area contributed by atoms with Crippen molar-refractivity contribution in [1.82, 2.24) is 0 Å². The molecule has 4 heteroatoms. The summed E-state index contributed by atoms with van der Waals surface area (Å²) in [5, 5.41) is 0. The Morgan fingerprint density at radius 2 is 2.17 bits per heavy atom. The summed E-state index contributed by atoms with van der Waals surface area (Å²) in [6, 6.07) is 0. The second kappa shape index (κ2) is 9.48. The number of ketones is 1. The van der Waals surface area contributed by atoms with Gasteiger partial charge in [-0.25, -0.2) is 0 Å². The van der Waals surface area contributed by atoms with Crippen molar-refractivity contribution in [2.45, 2.75) is 64.8 Å². The monoisotopic (exact) mass is 258 g/mol. The van der Waals surface area contributed by atoms with E-state index in [0.29, 0.717) is 19.6 Å². The average Bonchev–Trinajstić information content (AvgIpc) is 2.37. The number of hydrogen-bond acceptors (Lipinski definition) is 4. The van der Waals surface area contributed by atoms with Crippen LogP contribution < -0.4 is 0 Å². The van der Waals surface area contributed by atoms with E-state index in [1.807, 2.05) is 6.92 Å². The van der Waals surface area contributed by atoms with Gasteiger partial charge < -0.3 is 14.2 Å². The molecule has 1 fully saturated rings. The van der Waals surface area contributed by atoms with Gasteiger partial charge in [0.1, 0.15) is 6.61 Å². The lowest BCUT2D eigenvalue weighted by Gasteiger charge is -2.29. The predicted octanol–water partition coefficient (Wildman–Crippen LogP) is 2.69. The fourth-order valence-corrected chi connectivity index (χ4v) is 2.04. The van der Waals surface area contributed by atoms with Gasteiger partial charge in [0.15, 0.2) is 12.1 Å². The summed E-state index contributed by atoms with van der Waals surface area (Å²) < 4.78 is 16.6. The third kappa shape index (κ3) is 6.47. The van der Waals surface area contributed by atoms with Crippen LogP contribution in [-0.4, -0.2) is 38.0 Å². The molecule has 0 amide bonds. The van der Waals surface area contributed by atoms with E-state index in [0.717, 1.165) is 32.1 Å². The molecule has 2 atom stereocenters. The maximum absolute atomic E-state index is 11.4. The maximum atomic E-state index is 11.4. The average molecular weight is 258 g/mol. The molecule has 1 aliphatic heterocycles. The molecule has 0 N–H and O–H groups in total. The van der Waals surface area contributed by atoms with Crippen LogP contribution in [0.3, 0.4) is 0 Å². The smallest absolute Gasteiger partial charge is 0.158 e. The minimum atomic E-state index is -0.0897. The van der Waals surface area contributed by atoms with Crippen molar-refractivity contribution in [2.24, 2.45) is 0 Å². The minimum absolute atomic E-state index is 0.0780. The fourth-order valence-electron chi connectivity index (χ4n) is 2.04. The summed E-state index contributed by atoms with van der Waals surface area (Å²) in [5.41, 5.74) is 0. The second-order valence-corrected chi connectivity index (χ2v) is 4.73. The second-order valence-electron chi connectivity index (χ2n) is 4.73. The number of rotatable bonds is 9. The molecule has 0 aromatic heterocycles. The Morgan fingerprint density at radius 1 is 1.33 bits per heavy atom. The SMILES string of the molecule is CCCCC(=O)COCC1CCCC(OCC)O1. The van der Waals surface area contributed by atoms with Crippen LogP contribution in [0.15, 0.2) is 0 Å². The largest absolute Gasteiger partial charge is 0.371 e. The molecule has 1 rings (SSSR count). The highest BCUT2D eigenvalue weighted by molar-refractivity contribution is 5.79. The van der Waals surface area contributed by atoms with Crippen molar-refractivity contribution in [3.05, 3.63) is 0 Å². The Morgan fingerprint density at radius 3 is 2.89 bits per heavy atom. The van der Waals surface area contributed by atoms with Gasteiger partial charge in [-0.1, -0.05) is 13.3 Å². The molecule has 106 valence electrons. The van der Waals surface area contributed by atoms with Gasteiger partial charge in [-0.3, -0.25) is 4.79 Å². The molecule has 18 heavy (non-hydrogen) atoms. The van der Waals surface area contributed by atoms with Gasteiger partial charge in [0.05, 0.1) is 12.7 Å². The van der Waals surface area contributed by atoms with E-state index in [2.05, 4.69) is 6.92 Å². The van der Waals surface area contributed by atoms with E-state index in [-0.39, 0.29) is 24.8 Å². The van der Waals surface area contributed by atoms with Crippen molar-refractivity contribution >= 4 is 5.78 Å². The third-order valence-electron chi connectivity index (χ3n) is 3.04. The summed E-state index contributed by atoms with van der Waals surface area (Å²) >= 11 is 0. The quantitative estimate of drug-likeness (QED) is 0.638. The van der Waals surface area contributed by atoms with E-state index < -0.39 is 0 Å². The molecule has 4 nitrogen and oxygen atoms in total. The van der Waals surface area contributed by atoms with Crippen LogP contribution in [0.2, 0.25) is 0 Å². The number of hydrogen-bond donors (Lipinski definition) is 0. The first-order valence-electron chi connectivity index (χ1n) is 7.12. The summed E-state index contributed by atoms with van der Waals surface area (Å²) in [5.74, 6) is 0.189. The highest BCUT2D eigenvalue weighted by Crippen LogP contribution is 2.20. The lowest BCUT2D eigenvalue weighted by molar-refractivity contribution is -0.202. The topological polar surface area (TPSA) is 44.8 Å². The number of Topliss-reactive ketones (excluding diaryl/α,β-unsaturated/α-hetero) is 1. The van der Waals surface area contributed by atoms with E-state index in [9.17, 15) is 4.79 Å². The molecule has 0 radical (unpaired) electrons. The molecule has 2 unspecified atom stereocenters. The lowest BCUT2D eigenvalue weighted by atomic mass is 10.1. The lowest BCUT2D eigenvalue weighted by Crippen LogP contribution is -2.33. The van der Waals surface area contributed by atoms with E-state index in [4.69, 9.17) is 14.2 Å². The van der Waals surface area contributed by atoms with Gasteiger partial charge in [-0.2, -0.15) is 0 Å². The van der Waals surface area contributed by atoms with E-state index >= 15 is 0 Å². The molecule has 1 saturated heterocycles. The Balaban J connectivity index is 2.09. The summed E-state index contributed by atoms with van der Waals surface area (Å²) in [6.07, 6.45) is 5.67. The molecule has 0 spiro atoms. The first-order valence-corrected chi connectivity index (χ1v) is 7.12. The van der Waals surface area contributed by atoms with E-state index in [1.165, 1.54) is 0 Å². The summed E-state index contributed by atoms with van der Waals surface area (Å²) in [4.78, 5) is 11.4.